The van der Waals surface area contributed by atoms with Crippen molar-refractivity contribution in [2.75, 3.05) is 6.54 Å². The molecular weight excluding hydrogens is 412 g/mol. The first-order valence-corrected chi connectivity index (χ1v) is 10.2. The fraction of sp³-hybridized carbons (Fsp3) is 0.684. The molecule has 2 unspecified atom stereocenters. The lowest BCUT2D eigenvalue weighted by Crippen LogP contribution is -2.57. The number of carboxylic acids is 1. The highest BCUT2D eigenvalue weighted by molar-refractivity contribution is 5.87. The Morgan fingerprint density at radius 3 is 2.48 bits per heavy atom. The van der Waals surface area contributed by atoms with Gasteiger partial charge in [-0.15, -0.1) is 0 Å². The Kier molecular flexibility index (Phi) is 8.51. The van der Waals surface area contributed by atoms with Gasteiger partial charge in [-0.2, -0.15) is 0 Å². The van der Waals surface area contributed by atoms with Crippen LogP contribution in [-0.4, -0.2) is 73.7 Å². The van der Waals surface area contributed by atoms with Crippen molar-refractivity contribution in [2.24, 2.45) is 5.92 Å². The molecule has 0 aromatic carbocycles. The molecule has 6 atom stereocenters. The number of carbonyl (C=O) groups is 2. The minimum atomic E-state index is -1.71. The minimum Gasteiger partial charge on any atom is -0.480 e. The summed E-state index contributed by atoms with van der Waals surface area (Å²) in [4.78, 5) is 49.9. The van der Waals surface area contributed by atoms with E-state index in [1.807, 2.05) is 25.8 Å². The Hall–Kier alpha value is -2.54. The molecule has 174 valence electrons. The average molecular weight is 442 g/mol. The molecule has 12 nitrogen and oxygen atoms in total. The maximum Gasteiger partial charge on any atom is 0.330 e. The van der Waals surface area contributed by atoms with Crippen LogP contribution in [0.2, 0.25) is 0 Å². The molecule has 31 heavy (non-hydrogen) atoms. The number of aromatic nitrogens is 2. The van der Waals surface area contributed by atoms with Crippen molar-refractivity contribution in [3.05, 3.63) is 33.1 Å². The van der Waals surface area contributed by atoms with E-state index in [2.05, 4.69) is 10.6 Å². The molecule has 1 aliphatic heterocycles. The summed E-state index contributed by atoms with van der Waals surface area (Å²) >= 11 is 0. The lowest BCUT2D eigenvalue weighted by molar-refractivity contribution is -0.149. The number of rotatable bonds is 10. The van der Waals surface area contributed by atoms with Gasteiger partial charge in [0.2, 0.25) is 5.91 Å². The maximum absolute atomic E-state index is 12.8. The molecule has 0 spiro atoms. The van der Waals surface area contributed by atoms with Gasteiger partial charge in [-0.3, -0.25) is 19.1 Å². The average Bonchev–Trinajstić information content (AvgIpc) is 2.97. The van der Waals surface area contributed by atoms with Gasteiger partial charge in [-0.1, -0.05) is 20.8 Å². The molecule has 1 saturated heterocycles. The van der Waals surface area contributed by atoms with Gasteiger partial charge in [0.1, 0.15) is 18.3 Å². The summed E-state index contributed by atoms with van der Waals surface area (Å²) < 4.78 is 6.32. The Labute approximate surface area is 178 Å². The highest BCUT2D eigenvalue weighted by Gasteiger charge is 2.50. The first-order valence-electron chi connectivity index (χ1n) is 10.2. The van der Waals surface area contributed by atoms with Crippen molar-refractivity contribution in [2.45, 2.75) is 70.2 Å². The smallest absolute Gasteiger partial charge is 0.330 e. The largest absolute Gasteiger partial charge is 0.480 e. The zero-order chi connectivity index (χ0) is 23.3. The zero-order valence-corrected chi connectivity index (χ0v) is 17.6. The summed E-state index contributed by atoms with van der Waals surface area (Å²) in [5, 5.41) is 35.8. The Morgan fingerprint density at radius 2 is 1.94 bits per heavy atom. The molecule has 0 saturated carbocycles. The van der Waals surface area contributed by atoms with Crippen molar-refractivity contribution in [3.63, 3.8) is 0 Å². The van der Waals surface area contributed by atoms with Crippen molar-refractivity contribution in [3.8, 4) is 0 Å². The molecule has 1 aliphatic rings. The lowest BCUT2D eigenvalue weighted by Gasteiger charge is -2.26. The molecule has 1 aromatic heterocycles. The first-order chi connectivity index (χ1) is 14.6. The summed E-state index contributed by atoms with van der Waals surface area (Å²) in [6.45, 7) is 6.34. The fourth-order valence-corrected chi connectivity index (χ4v) is 3.43. The number of amides is 1. The molecule has 12 heteroatoms. The van der Waals surface area contributed by atoms with Gasteiger partial charge in [0.15, 0.2) is 12.3 Å². The van der Waals surface area contributed by atoms with E-state index in [-0.39, 0.29) is 5.92 Å². The van der Waals surface area contributed by atoms with E-state index in [4.69, 9.17) is 4.74 Å². The predicted molar refractivity (Wildman–Crippen MR) is 108 cm³/mol. The number of carbonyl (C=O) groups excluding carboxylic acids is 1. The van der Waals surface area contributed by atoms with Gasteiger partial charge in [0.05, 0.1) is 6.04 Å². The van der Waals surface area contributed by atoms with Crippen LogP contribution in [0.1, 0.15) is 39.8 Å². The number of nitrogens with zero attached hydrogens (tertiary/aromatic N) is 1. The van der Waals surface area contributed by atoms with Crippen LogP contribution in [0.15, 0.2) is 21.9 Å². The molecule has 6 N–H and O–H groups in total. The van der Waals surface area contributed by atoms with Crippen molar-refractivity contribution in [1.29, 1.82) is 0 Å². The SMILES string of the molecule is CCCNC(CC(C)C)C(=O)NC(C(=O)O)[C@H]1O[C@@H](n2ccc(=O)[nH]c2=O)[C@H](O)[C@@H]1O. The number of ether oxygens (including phenoxy) is 1. The molecular formula is C19H30N4O8. The highest BCUT2D eigenvalue weighted by Crippen LogP contribution is 2.30. The molecule has 1 fully saturated rings. The molecule has 0 radical (unpaired) electrons. The van der Waals surface area contributed by atoms with Crippen LogP contribution < -0.4 is 21.9 Å². The summed E-state index contributed by atoms with van der Waals surface area (Å²) in [5.41, 5.74) is -1.57. The molecule has 1 aromatic rings. The zero-order valence-electron chi connectivity index (χ0n) is 17.6. The van der Waals surface area contributed by atoms with Gasteiger partial charge in [-0.25, -0.2) is 9.59 Å². The topological polar surface area (TPSA) is 183 Å². The van der Waals surface area contributed by atoms with E-state index < -0.39 is 59.7 Å². The number of hydrogen-bond acceptors (Lipinski definition) is 8. The van der Waals surface area contributed by atoms with Gasteiger partial charge < -0.3 is 30.7 Å². The third-order valence-electron chi connectivity index (χ3n) is 4.96. The van der Waals surface area contributed by atoms with Crippen molar-refractivity contribution >= 4 is 11.9 Å². The molecule has 0 bridgehead atoms. The number of hydrogen-bond donors (Lipinski definition) is 6. The van der Waals surface area contributed by atoms with E-state index in [1.54, 1.807) is 0 Å². The van der Waals surface area contributed by atoms with E-state index in [0.29, 0.717) is 13.0 Å². The van der Waals surface area contributed by atoms with Crippen LogP contribution in [0.4, 0.5) is 0 Å². The van der Waals surface area contributed by atoms with Gasteiger partial charge in [0, 0.05) is 12.3 Å². The van der Waals surface area contributed by atoms with Crippen molar-refractivity contribution in [1.82, 2.24) is 20.2 Å². The molecule has 2 heterocycles. The summed E-state index contributed by atoms with van der Waals surface area (Å²) in [5.74, 6) is -1.89. The fourth-order valence-electron chi connectivity index (χ4n) is 3.43. The van der Waals surface area contributed by atoms with E-state index in [9.17, 15) is 34.5 Å². The normalized spacial score (nSPS) is 25.4. The van der Waals surface area contributed by atoms with Gasteiger partial charge in [0.25, 0.3) is 5.56 Å². The Balaban J connectivity index is 2.23. The standard InChI is InChI=1S/C19H30N4O8/c1-4-6-20-10(8-9(2)3)16(27)22-12(18(28)29)15-13(25)14(26)17(31-15)23-7-5-11(24)21-19(23)30/h5,7,9-10,12-15,17,20,25-26H,4,6,8H2,1-3H3,(H,22,27)(H,28,29)(H,21,24,30)/t10?,12?,13-,14+,15+,17+/m0/s1. The van der Waals surface area contributed by atoms with Gasteiger partial charge in [-0.05, 0) is 25.3 Å². The van der Waals surface area contributed by atoms with E-state index in [1.165, 1.54) is 0 Å². The van der Waals surface area contributed by atoms with Crippen LogP contribution in [-0.2, 0) is 14.3 Å². The third kappa shape index (κ3) is 6.00. The van der Waals surface area contributed by atoms with Crippen LogP contribution in [0, 0.1) is 5.92 Å². The van der Waals surface area contributed by atoms with Crippen LogP contribution in [0.25, 0.3) is 0 Å². The molecule has 1 amide bonds. The third-order valence-corrected chi connectivity index (χ3v) is 4.96. The van der Waals surface area contributed by atoms with Crippen LogP contribution in [0.5, 0.6) is 0 Å². The van der Waals surface area contributed by atoms with Gasteiger partial charge >= 0.3 is 11.7 Å². The monoisotopic (exact) mass is 442 g/mol. The summed E-state index contributed by atoms with van der Waals surface area (Å²) in [7, 11) is 0. The summed E-state index contributed by atoms with van der Waals surface area (Å²) in [6.07, 6.45) is -4.07. The van der Waals surface area contributed by atoms with Crippen molar-refractivity contribution < 1.29 is 29.6 Å². The predicted octanol–water partition coefficient (Wildman–Crippen LogP) is -1.86. The minimum absolute atomic E-state index is 0.162. The Morgan fingerprint density at radius 1 is 1.26 bits per heavy atom. The molecule has 0 aliphatic carbocycles. The van der Waals surface area contributed by atoms with Crippen LogP contribution in [0.3, 0.4) is 0 Å². The number of aromatic amines is 1. The molecule has 2 rings (SSSR count). The number of nitrogens with one attached hydrogen (secondary N) is 3. The van der Waals surface area contributed by atoms with E-state index >= 15 is 0 Å². The number of aliphatic carboxylic acids is 1. The second-order valence-corrected chi connectivity index (χ2v) is 7.95. The van der Waals surface area contributed by atoms with E-state index in [0.717, 1.165) is 23.3 Å². The number of carboxylic acid groups (broad SMARTS) is 1. The first kappa shape index (κ1) is 24.7. The second-order valence-electron chi connectivity index (χ2n) is 7.95. The Bertz CT molecular complexity index is 882. The number of H-pyrrole nitrogens is 1. The number of aliphatic hydroxyl groups excluding tert-OH is 2. The maximum atomic E-state index is 12.8. The number of aliphatic hydroxyl groups is 2. The lowest BCUT2D eigenvalue weighted by atomic mass is 10.00. The second kappa shape index (κ2) is 10.7. The summed E-state index contributed by atoms with van der Waals surface area (Å²) in [6, 6.07) is -1.31. The van der Waals surface area contributed by atoms with Crippen LogP contribution >= 0.6 is 0 Å². The highest BCUT2D eigenvalue weighted by atomic mass is 16.6. The quantitative estimate of drug-likeness (QED) is 0.242.